The molecule has 1 unspecified atom stereocenters. The molecule has 0 bridgehead atoms. The van der Waals surface area contributed by atoms with Crippen molar-refractivity contribution in [1.82, 2.24) is 10.6 Å². The first-order valence-electron chi connectivity index (χ1n) is 6.41. The van der Waals surface area contributed by atoms with Crippen LogP contribution in [0, 0.1) is 5.41 Å². The van der Waals surface area contributed by atoms with E-state index >= 15 is 0 Å². The maximum atomic E-state index is 4.68. The van der Waals surface area contributed by atoms with Crippen molar-refractivity contribution >= 4 is 41.7 Å². The van der Waals surface area contributed by atoms with Gasteiger partial charge in [-0.1, -0.05) is 13.8 Å². The fraction of sp³-hybridized carbons (Fsp3) is 0.923. The van der Waals surface area contributed by atoms with Gasteiger partial charge in [0.15, 0.2) is 5.96 Å². The zero-order valence-corrected chi connectivity index (χ0v) is 15.6. The highest BCUT2D eigenvalue weighted by Crippen LogP contribution is 2.44. The molecule has 0 aliphatic heterocycles. The summed E-state index contributed by atoms with van der Waals surface area (Å²) in [6.07, 6.45) is 3.38. The van der Waals surface area contributed by atoms with Crippen molar-refractivity contribution in [2.24, 2.45) is 10.4 Å². The quantitative estimate of drug-likeness (QED) is 0.434. The van der Waals surface area contributed by atoms with Crippen LogP contribution in [0.25, 0.3) is 0 Å². The molecule has 1 aliphatic rings. The summed E-state index contributed by atoms with van der Waals surface area (Å²) in [5.74, 6) is 0.963. The fourth-order valence-corrected chi connectivity index (χ4v) is 1.73. The summed E-state index contributed by atoms with van der Waals surface area (Å²) in [6, 6.07) is 0.581. The number of thioether (sulfide) groups is 1. The molecule has 0 heterocycles. The second-order valence-corrected chi connectivity index (χ2v) is 7.56. The van der Waals surface area contributed by atoms with Gasteiger partial charge in [0, 0.05) is 17.3 Å². The molecule has 2 N–H and O–H groups in total. The van der Waals surface area contributed by atoms with Gasteiger partial charge in [0.25, 0.3) is 0 Å². The molecule has 1 atom stereocenters. The highest BCUT2D eigenvalue weighted by molar-refractivity contribution is 14.0. The smallest absolute Gasteiger partial charge is 0.191 e. The highest BCUT2D eigenvalue weighted by Gasteiger charge is 2.46. The Morgan fingerprint density at radius 3 is 2.39 bits per heavy atom. The molecule has 5 heteroatoms. The predicted octanol–water partition coefficient (Wildman–Crippen LogP) is 3.10. The monoisotopic (exact) mass is 385 g/mol. The summed E-state index contributed by atoms with van der Waals surface area (Å²) in [5.41, 5.74) is 0.436. The van der Waals surface area contributed by atoms with Crippen LogP contribution in [0.15, 0.2) is 4.99 Å². The van der Waals surface area contributed by atoms with E-state index in [1.54, 1.807) is 0 Å². The summed E-state index contributed by atoms with van der Waals surface area (Å²) in [4.78, 5) is 4.68. The van der Waals surface area contributed by atoms with Crippen LogP contribution in [0.3, 0.4) is 0 Å². The Morgan fingerprint density at radius 2 is 2.00 bits per heavy atom. The molecule has 1 rings (SSSR count). The third kappa shape index (κ3) is 5.99. The first kappa shape index (κ1) is 18.4. The molecular formula is C13H28IN3S. The summed E-state index contributed by atoms with van der Waals surface area (Å²) in [5, 5.41) is 6.83. The zero-order chi connectivity index (χ0) is 13.1. The Kier molecular flexibility index (Phi) is 7.36. The second kappa shape index (κ2) is 7.22. The lowest BCUT2D eigenvalue weighted by atomic mass is 10.2. The van der Waals surface area contributed by atoms with E-state index in [0.29, 0.717) is 11.5 Å². The maximum Gasteiger partial charge on any atom is 0.191 e. The molecule has 18 heavy (non-hydrogen) atoms. The number of hydrogen-bond acceptors (Lipinski definition) is 2. The Morgan fingerprint density at radius 1 is 1.44 bits per heavy atom. The van der Waals surface area contributed by atoms with Crippen molar-refractivity contribution in [2.45, 2.75) is 51.8 Å². The maximum absolute atomic E-state index is 4.68. The first-order chi connectivity index (χ1) is 7.80. The Bertz CT molecular complexity index is 290. The van der Waals surface area contributed by atoms with E-state index in [4.69, 9.17) is 0 Å². The van der Waals surface area contributed by atoms with Gasteiger partial charge in [-0.3, -0.25) is 4.99 Å². The van der Waals surface area contributed by atoms with E-state index in [0.717, 1.165) is 19.0 Å². The average molecular weight is 385 g/mol. The van der Waals surface area contributed by atoms with Crippen LogP contribution in [0.1, 0.15) is 41.0 Å². The van der Waals surface area contributed by atoms with Gasteiger partial charge in [0.2, 0.25) is 0 Å². The second-order valence-electron chi connectivity index (χ2n) is 6.05. The topological polar surface area (TPSA) is 36.4 Å². The lowest BCUT2D eigenvalue weighted by Gasteiger charge is -2.20. The average Bonchev–Trinajstić information content (AvgIpc) is 2.83. The molecule has 1 fully saturated rings. The Labute approximate surface area is 133 Å². The normalized spacial score (nSPS) is 22.1. The molecule has 0 saturated heterocycles. The zero-order valence-electron chi connectivity index (χ0n) is 12.5. The molecule has 1 saturated carbocycles. The van der Waals surface area contributed by atoms with Crippen LogP contribution >= 0.6 is 35.7 Å². The number of guanidine groups is 1. The number of rotatable bonds is 5. The van der Waals surface area contributed by atoms with E-state index in [2.05, 4.69) is 56.5 Å². The van der Waals surface area contributed by atoms with Gasteiger partial charge >= 0.3 is 0 Å². The molecule has 3 nitrogen and oxygen atoms in total. The minimum absolute atomic E-state index is 0. The van der Waals surface area contributed by atoms with Crippen LogP contribution in [0.5, 0.6) is 0 Å². The third-order valence-corrected chi connectivity index (χ3v) is 4.57. The molecule has 0 amide bonds. The fourth-order valence-electron chi connectivity index (χ4n) is 1.53. The highest BCUT2D eigenvalue weighted by atomic mass is 127. The van der Waals surface area contributed by atoms with Gasteiger partial charge in [-0.2, -0.15) is 11.8 Å². The van der Waals surface area contributed by atoms with Gasteiger partial charge in [0.1, 0.15) is 0 Å². The Balaban J connectivity index is 0.00000289. The number of halogens is 1. The lowest BCUT2D eigenvalue weighted by molar-refractivity contribution is 0.588. The van der Waals surface area contributed by atoms with E-state index in [1.165, 1.54) is 6.42 Å². The number of nitrogens with one attached hydrogen (secondary N) is 2. The van der Waals surface area contributed by atoms with E-state index in [9.17, 15) is 0 Å². The van der Waals surface area contributed by atoms with Crippen molar-refractivity contribution < 1.29 is 0 Å². The van der Waals surface area contributed by atoms with Crippen LogP contribution in [-0.4, -0.2) is 36.1 Å². The van der Waals surface area contributed by atoms with Gasteiger partial charge in [-0.25, -0.2) is 0 Å². The van der Waals surface area contributed by atoms with Crippen LogP contribution in [0.4, 0.5) is 0 Å². The number of aliphatic imine (C=N–C) groups is 1. The van der Waals surface area contributed by atoms with Gasteiger partial charge in [-0.15, -0.1) is 24.0 Å². The van der Waals surface area contributed by atoms with Crippen molar-refractivity contribution in [3.63, 3.8) is 0 Å². The number of nitrogens with zero attached hydrogens (tertiary/aromatic N) is 1. The SMILES string of the molecule is CCNC(=NCC(C)(C)SC)NC1CC1(C)C.I. The molecule has 0 aromatic carbocycles. The molecular weight excluding hydrogens is 357 g/mol. The van der Waals surface area contributed by atoms with E-state index in [-0.39, 0.29) is 28.7 Å². The summed E-state index contributed by atoms with van der Waals surface area (Å²) < 4.78 is 0.210. The first-order valence-corrected chi connectivity index (χ1v) is 7.63. The van der Waals surface area contributed by atoms with E-state index < -0.39 is 0 Å². The largest absolute Gasteiger partial charge is 0.357 e. The number of hydrogen-bond donors (Lipinski definition) is 2. The minimum atomic E-state index is 0. The van der Waals surface area contributed by atoms with E-state index in [1.807, 2.05) is 11.8 Å². The van der Waals surface area contributed by atoms with Crippen molar-refractivity contribution in [3.8, 4) is 0 Å². The molecule has 108 valence electrons. The molecule has 0 spiro atoms. The minimum Gasteiger partial charge on any atom is -0.357 e. The van der Waals surface area contributed by atoms with Crippen LogP contribution in [-0.2, 0) is 0 Å². The van der Waals surface area contributed by atoms with Gasteiger partial charge in [-0.05, 0) is 38.9 Å². The standard InChI is InChI=1S/C13H27N3S.HI/c1-7-14-11(15-9-13(4,5)17-6)16-10-8-12(10,2)3;/h10H,7-9H2,1-6H3,(H2,14,15,16);1H. The molecule has 0 aromatic heterocycles. The predicted molar refractivity (Wildman–Crippen MR) is 94.3 cm³/mol. The van der Waals surface area contributed by atoms with Crippen LogP contribution < -0.4 is 10.6 Å². The van der Waals surface area contributed by atoms with Gasteiger partial charge in [0.05, 0.1) is 6.54 Å². The summed E-state index contributed by atoms with van der Waals surface area (Å²) in [6.45, 7) is 12.9. The molecule has 0 radical (unpaired) electrons. The Hall–Kier alpha value is 0.350. The van der Waals surface area contributed by atoms with Crippen molar-refractivity contribution in [2.75, 3.05) is 19.3 Å². The lowest BCUT2D eigenvalue weighted by Crippen LogP contribution is -2.40. The molecule has 1 aliphatic carbocycles. The molecule has 0 aromatic rings. The van der Waals surface area contributed by atoms with Gasteiger partial charge < -0.3 is 10.6 Å². The summed E-state index contributed by atoms with van der Waals surface area (Å²) in [7, 11) is 0. The van der Waals surface area contributed by atoms with Crippen molar-refractivity contribution in [1.29, 1.82) is 0 Å². The van der Waals surface area contributed by atoms with Crippen molar-refractivity contribution in [3.05, 3.63) is 0 Å². The third-order valence-electron chi connectivity index (χ3n) is 3.34. The van der Waals surface area contributed by atoms with Crippen LogP contribution in [0.2, 0.25) is 0 Å². The summed E-state index contributed by atoms with van der Waals surface area (Å²) >= 11 is 1.86.